The second-order valence-corrected chi connectivity index (χ2v) is 8.75. The third-order valence-corrected chi connectivity index (χ3v) is 5.42. The molecular weight excluding hydrogens is 290 g/mol. The maximum atomic E-state index is 12.2. The maximum absolute atomic E-state index is 12.2. The van der Waals surface area contributed by atoms with Crippen molar-refractivity contribution in [3.8, 4) is 0 Å². The van der Waals surface area contributed by atoms with Crippen LogP contribution in [0.1, 0.15) is 27.7 Å². The lowest BCUT2D eigenvalue weighted by Crippen LogP contribution is -2.36. The van der Waals surface area contributed by atoms with Gasteiger partial charge < -0.3 is 10.2 Å². The van der Waals surface area contributed by atoms with Crippen molar-refractivity contribution in [1.29, 1.82) is 0 Å². The highest BCUT2D eigenvalue weighted by molar-refractivity contribution is 7.92. The maximum Gasteiger partial charge on any atom is 0.244 e. The molecule has 1 heterocycles. The van der Waals surface area contributed by atoms with Crippen LogP contribution < -0.4 is 5.32 Å². The van der Waals surface area contributed by atoms with Crippen molar-refractivity contribution in [2.75, 3.05) is 19.4 Å². The van der Waals surface area contributed by atoms with E-state index < -0.39 is 20.6 Å². The summed E-state index contributed by atoms with van der Waals surface area (Å²) in [4.78, 5) is 17.2. The highest BCUT2D eigenvalue weighted by Crippen LogP contribution is 2.23. The first kappa shape index (κ1) is 17.4. The van der Waals surface area contributed by atoms with E-state index in [0.717, 1.165) is 0 Å². The topological polar surface area (TPSA) is 79.4 Å². The van der Waals surface area contributed by atoms with Gasteiger partial charge in [0.2, 0.25) is 5.91 Å². The standard InChI is InChI=1S/C14H23N3O3S/c1-10(13(18)17(5)6)16-11-7-8-12(15-9-11)21(19,20)14(2,3)4/h7-10,16H,1-6H3/t10-/m0/s1. The molecule has 0 aliphatic rings. The van der Waals surface area contributed by atoms with Crippen molar-refractivity contribution in [3.63, 3.8) is 0 Å². The SMILES string of the molecule is C[C@H](Nc1ccc(S(=O)(=O)C(C)(C)C)nc1)C(=O)N(C)C. The highest BCUT2D eigenvalue weighted by Gasteiger charge is 2.32. The Morgan fingerprint density at radius 2 is 1.86 bits per heavy atom. The van der Waals surface area contributed by atoms with Gasteiger partial charge in [-0.1, -0.05) is 0 Å². The van der Waals surface area contributed by atoms with Crippen LogP contribution in [0.15, 0.2) is 23.4 Å². The quantitative estimate of drug-likeness (QED) is 0.912. The molecule has 118 valence electrons. The second-order valence-electron chi connectivity index (χ2n) is 6.10. The van der Waals surface area contributed by atoms with Gasteiger partial charge in [-0.2, -0.15) is 0 Å². The average molecular weight is 313 g/mol. The lowest BCUT2D eigenvalue weighted by Gasteiger charge is -2.20. The number of carbonyl (C=O) groups excluding carboxylic acids is 1. The van der Waals surface area contributed by atoms with Gasteiger partial charge in [-0.15, -0.1) is 0 Å². The molecule has 6 nitrogen and oxygen atoms in total. The number of aromatic nitrogens is 1. The Hall–Kier alpha value is -1.63. The van der Waals surface area contributed by atoms with Crippen LogP contribution in [0, 0.1) is 0 Å². The van der Waals surface area contributed by atoms with E-state index in [0.29, 0.717) is 5.69 Å². The lowest BCUT2D eigenvalue weighted by molar-refractivity contribution is -0.129. The molecule has 0 radical (unpaired) electrons. The van der Waals surface area contributed by atoms with Crippen LogP contribution in [0.25, 0.3) is 0 Å². The van der Waals surface area contributed by atoms with Gasteiger partial charge in [-0.25, -0.2) is 13.4 Å². The number of pyridine rings is 1. The normalized spacial score (nSPS) is 13.6. The van der Waals surface area contributed by atoms with Gasteiger partial charge in [-0.05, 0) is 39.8 Å². The molecular formula is C14H23N3O3S. The Morgan fingerprint density at radius 1 is 1.29 bits per heavy atom. The molecule has 0 saturated carbocycles. The number of nitrogens with one attached hydrogen (secondary N) is 1. The molecule has 21 heavy (non-hydrogen) atoms. The van der Waals surface area contributed by atoms with E-state index in [1.807, 2.05) is 0 Å². The minimum Gasteiger partial charge on any atom is -0.373 e. The summed E-state index contributed by atoms with van der Waals surface area (Å²) in [5.41, 5.74) is 0.602. The number of hydrogen-bond donors (Lipinski definition) is 1. The predicted molar refractivity (Wildman–Crippen MR) is 83.0 cm³/mol. The van der Waals surface area contributed by atoms with Gasteiger partial charge in [0, 0.05) is 14.1 Å². The number of carbonyl (C=O) groups is 1. The van der Waals surface area contributed by atoms with E-state index in [1.54, 1.807) is 47.9 Å². The molecule has 1 aromatic heterocycles. The minimum absolute atomic E-state index is 0.0344. The molecule has 0 fully saturated rings. The van der Waals surface area contributed by atoms with Crippen LogP contribution >= 0.6 is 0 Å². The van der Waals surface area contributed by atoms with Crippen molar-refractivity contribution < 1.29 is 13.2 Å². The van der Waals surface area contributed by atoms with Crippen molar-refractivity contribution in [2.45, 2.75) is 43.5 Å². The molecule has 7 heteroatoms. The van der Waals surface area contributed by atoms with Crippen molar-refractivity contribution >= 4 is 21.4 Å². The Kier molecular flexibility index (Phi) is 4.99. The number of anilines is 1. The smallest absolute Gasteiger partial charge is 0.244 e. The summed E-state index contributed by atoms with van der Waals surface area (Å²) in [6.45, 7) is 6.64. The van der Waals surface area contributed by atoms with Crippen LogP contribution in [0.3, 0.4) is 0 Å². The van der Waals surface area contributed by atoms with E-state index in [2.05, 4.69) is 10.3 Å². The largest absolute Gasteiger partial charge is 0.373 e. The molecule has 0 unspecified atom stereocenters. The first-order valence-corrected chi connectivity index (χ1v) is 8.13. The van der Waals surface area contributed by atoms with E-state index in [9.17, 15) is 13.2 Å². The predicted octanol–water partition coefficient (Wildman–Crippen LogP) is 1.54. The Morgan fingerprint density at radius 3 is 2.24 bits per heavy atom. The van der Waals surface area contributed by atoms with Crippen LogP contribution in [0.4, 0.5) is 5.69 Å². The average Bonchev–Trinajstić information content (AvgIpc) is 2.36. The van der Waals surface area contributed by atoms with Crippen LogP contribution in [0.5, 0.6) is 0 Å². The Balaban J connectivity index is 2.92. The van der Waals surface area contributed by atoms with Gasteiger partial charge in [-0.3, -0.25) is 4.79 Å². The minimum atomic E-state index is -3.47. The first-order chi connectivity index (χ1) is 9.46. The van der Waals surface area contributed by atoms with E-state index >= 15 is 0 Å². The van der Waals surface area contributed by atoms with E-state index in [-0.39, 0.29) is 10.9 Å². The summed E-state index contributed by atoms with van der Waals surface area (Å²) < 4.78 is 23.6. The summed E-state index contributed by atoms with van der Waals surface area (Å²) in [6.07, 6.45) is 1.43. The summed E-state index contributed by atoms with van der Waals surface area (Å²) in [5.74, 6) is -0.0682. The summed E-state index contributed by atoms with van der Waals surface area (Å²) in [7, 11) is -0.109. The van der Waals surface area contributed by atoms with Crippen molar-refractivity contribution in [3.05, 3.63) is 18.3 Å². The molecule has 0 saturated heterocycles. The molecule has 0 spiro atoms. The number of rotatable bonds is 4. The fourth-order valence-electron chi connectivity index (χ4n) is 1.64. The number of likely N-dealkylation sites (N-methyl/N-ethyl adjacent to an activating group) is 1. The fraction of sp³-hybridized carbons (Fsp3) is 0.571. The Labute approximate surface area is 126 Å². The zero-order valence-corrected chi connectivity index (χ0v) is 14.2. The number of amides is 1. The van der Waals surface area contributed by atoms with Crippen LogP contribution in [0.2, 0.25) is 0 Å². The number of hydrogen-bond acceptors (Lipinski definition) is 5. The number of nitrogens with zero attached hydrogens (tertiary/aromatic N) is 2. The third-order valence-electron chi connectivity index (χ3n) is 3.01. The van der Waals surface area contributed by atoms with Crippen LogP contribution in [-0.4, -0.2) is 49.1 Å². The first-order valence-electron chi connectivity index (χ1n) is 6.65. The van der Waals surface area contributed by atoms with Gasteiger partial charge in [0.15, 0.2) is 14.9 Å². The summed E-state index contributed by atoms with van der Waals surface area (Å²) in [5, 5.41) is 3.03. The molecule has 1 N–H and O–H groups in total. The monoisotopic (exact) mass is 313 g/mol. The fourth-order valence-corrected chi connectivity index (χ4v) is 2.70. The molecule has 0 aromatic carbocycles. The second kappa shape index (κ2) is 6.01. The zero-order valence-electron chi connectivity index (χ0n) is 13.3. The summed E-state index contributed by atoms with van der Waals surface area (Å²) >= 11 is 0. The van der Waals surface area contributed by atoms with Gasteiger partial charge in [0.25, 0.3) is 0 Å². The van der Waals surface area contributed by atoms with Crippen LogP contribution in [-0.2, 0) is 14.6 Å². The Bertz CT molecular complexity index is 601. The highest BCUT2D eigenvalue weighted by atomic mass is 32.2. The lowest BCUT2D eigenvalue weighted by atomic mass is 10.3. The molecule has 1 amide bonds. The zero-order chi connectivity index (χ0) is 16.4. The van der Waals surface area contributed by atoms with E-state index in [4.69, 9.17) is 0 Å². The van der Waals surface area contributed by atoms with Crippen molar-refractivity contribution in [2.24, 2.45) is 0 Å². The molecule has 1 aromatic rings. The van der Waals surface area contributed by atoms with E-state index in [1.165, 1.54) is 17.2 Å². The number of sulfone groups is 1. The van der Waals surface area contributed by atoms with Gasteiger partial charge in [0.05, 0.1) is 16.6 Å². The molecule has 1 rings (SSSR count). The van der Waals surface area contributed by atoms with Crippen molar-refractivity contribution in [1.82, 2.24) is 9.88 Å². The molecule has 0 aliphatic heterocycles. The molecule has 1 atom stereocenters. The molecule has 0 bridgehead atoms. The summed E-state index contributed by atoms with van der Waals surface area (Å²) in [6, 6.07) is 2.66. The third kappa shape index (κ3) is 3.93. The van der Waals surface area contributed by atoms with Gasteiger partial charge >= 0.3 is 0 Å². The van der Waals surface area contributed by atoms with Gasteiger partial charge in [0.1, 0.15) is 6.04 Å². The molecule has 0 aliphatic carbocycles.